The number of urea groups is 1. The molecule has 1 aromatic heterocycles. The molecule has 0 atom stereocenters. The lowest BCUT2D eigenvalue weighted by Crippen LogP contribution is -2.50. The Morgan fingerprint density at radius 2 is 1.75 bits per heavy atom. The topological polar surface area (TPSA) is 62.5 Å². The van der Waals surface area contributed by atoms with Gasteiger partial charge in [-0.2, -0.15) is 0 Å². The Bertz CT molecular complexity index is 1020. The van der Waals surface area contributed by atoms with E-state index in [0.29, 0.717) is 13.1 Å². The Labute approximate surface area is 165 Å². The molecule has 144 valence electrons. The third kappa shape index (κ3) is 3.85. The molecule has 0 unspecified atom stereocenters. The molecule has 0 aliphatic carbocycles. The average Bonchev–Trinajstić information content (AvgIpc) is 2.68. The monoisotopic (exact) mass is 374 g/mol. The molecule has 5 nitrogen and oxygen atoms in total. The Hall–Kier alpha value is -2.92. The smallest absolute Gasteiger partial charge is 0.314 e. The molecule has 0 bridgehead atoms. The first kappa shape index (κ1) is 18.4. The van der Waals surface area contributed by atoms with Crippen molar-refractivity contribution in [2.75, 3.05) is 26.2 Å². The molecule has 5 heteroatoms. The largest absolute Gasteiger partial charge is 0.351 e. The first-order chi connectivity index (χ1) is 13.5. The minimum Gasteiger partial charge on any atom is -0.351 e. The number of nitrogens with two attached hydrogens (primary N) is 1. The van der Waals surface area contributed by atoms with Crippen LogP contribution in [-0.2, 0) is 6.54 Å². The normalized spacial score (nSPS) is 15.1. The molecule has 2 heterocycles. The number of nitrogens with zero attached hydrogens (tertiary/aromatic N) is 3. The van der Waals surface area contributed by atoms with E-state index in [1.165, 1.54) is 16.7 Å². The summed E-state index contributed by atoms with van der Waals surface area (Å²) >= 11 is 0. The fourth-order valence-electron chi connectivity index (χ4n) is 3.85. The zero-order valence-electron chi connectivity index (χ0n) is 16.5. The number of carbonyl (C=O) groups excluding carboxylic acids is 1. The quantitative estimate of drug-likeness (QED) is 0.760. The van der Waals surface area contributed by atoms with Crippen LogP contribution < -0.4 is 5.73 Å². The van der Waals surface area contributed by atoms with Gasteiger partial charge in [0.25, 0.3) is 0 Å². The molecule has 1 aliphatic heterocycles. The van der Waals surface area contributed by atoms with Crippen molar-refractivity contribution < 1.29 is 4.79 Å². The number of aromatic nitrogens is 1. The number of aryl methyl sites for hydroxylation is 2. The van der Waals surface area contributed by atoms with E-state index < -0.39 is 0 Å². The first-order valence-corrected chi connectivity index (χ1v) is 9.74. The van der Waals surface area contributed by atoms with Crippen LogP contribution in [0.5, 0.6) is 0 Å². The number of rotatable bonds is 3. The molecular weight excluding hydrogens is 348 g/mol. The summed E-state index contributed by atoms with van der Waals surface area (Å²) in [6.07, 6.45) is 0. The summed E-state index contributed by atoms with van der Waals surface area (Å²) in [5.41, 5.74) is 12.3. The third-order valence-corrected chi connectivity index (χ3v) is 5.42. The molecule has 1 aliphatic rings. The second-order valence-corrected chi connectivity index (χ2v) is 7.66. The molecular formula is C23H26N4O. The van der Waals surface area contributed by atoms with Crippen LogP contribution in [0.4, 0.5) is 4.79 Å². The summed E-state index contributed by atoms with van der Waals surface area (Å²) in [6.45, 7) is 8.01. The number of benzene rings is 2. The molecule has 0 spiro atoms. The van der Waals surface area contributed by atoms with Crippen molar-refractivity contribution in [1.29, 1.82) is 0 Å². The highest BCUT2D eigenvalue weighted by molar-refractivity contribution is 5.84. The van der Waals surface area contributed by atoms with Crippen molar-refractivity contribution >= 4 is 16.9 Å². The Morgan fingerprint density at radius 1 is 1.00 bits per heavy atom. The lowest BCUT2D eigenvalue weighted by molar-refractivity contribution is 0.140. The van der Waals surface area contributed by atoms with E-state index in [2.05, 4.69) is 67.3 Å². The van der Waals surface area contributed by atoms with Gasteiger partial charge in [0, 0.05) is 43.7 Å². The third-order valence-electron chi connectivity index (χ3n) is 5.42. The number of fused-ring (bicyclic) bond motifs is 1. The molecule has 28 heavy (non-hydrogen) atoms. The van der Waals surface area contributed by atoms with Crippen molar-refractivity contribution in [1.82, 2.24) is 14.8 Å². The van der Waals surface area contributed by atoms with Crippen LogP contribution in [0.3, 0.4) is 0 Å². The van der Waals surface area contributed by atoms with E-state index in [4.69, 9.17) is 10.7 Å². The summed E-state index contributed by atoms with van der Waals surface area (Å²) in [5.74, 6) is 0. The lowest BCUT2D eigenvalue weighted by Gasteiger charge is -2.34. The SMILES string of the molecule is Cc1cccc(-c2nc3cc(C)ccc3cc2CN2CCN(C(N)=O)CC2)c1. The van der Waals surface area contributed by atoms with Crippen molar-refractivity contribution in [3.63, 3.8) is 0 Å². The number of primary amides is 1. The van der Waals surface area contributed by atoms with Crippen LogP contribution in [0.1, 0.15) is 16.7 Å². The van der Waals surface area contributed by atoms with E-state index in [0.717, 1.165) is 41.8 Å². The van der Waals surface area contributed by atoms with Gasteiger partial charge < -0.3 is 10.6 Å². The molecule has 3 aromatic rings. The molecule has 4 rings (SSSR count). The second-order valence-electron chi connectivity index (χ2n) is 7.66. The van der Waals surface area contributed by atoms with Gasteiger partial charge in [-0.15, -0.1) is 0 Å². The predicted molar refractivity (Wildman–Crippen MR) is 113 cm³/mol. The maximum absolute atomic E-state index is 11.4. The maximum Gasteiger partial charge on any atom is 0.314 e. The maximum atomic E-state index is 11.4. The fraction of sp³-hybridized carbons (Fsp3) is 0.304. The van der Waals surface area contributed by atoms with Gasteiger partial charge in [0.05, 0.1) is 11.2 Å². The first-order valence-electron chi connectivity index (χ1n) is 9.74. The summed E-state index contributed by atoms with van der Waals surface area (Å²) < 4.78 is 0. The van der Waals surface area contributed by atoms with E-state index in [9.17, 15) is 4.79 Å². The summed E-state index contributed by atoms with van der Waals surface area (Å²) in [4.78, 5) is 20.5. The minimum atomic E-state index is -0.331. The standard InChI is InChI=1S/C23H26N4O/c1-16-4-3-5-19(12-16)22-20(14-18-7-6-17(2)13-21(18)25-22)15-26-8-10-27(11-9-26)23(24)28/h3-7,12-14H,8-11,15H2,1-2H3,(H2,24,28). The summed E-state index contributed by atoms with van der Waals surface area (Å²) in [5, 5.41) is 1.16. The minimum absolute atomic E-state index is 0.331. The zero-order chi connectivity index (χ0) is 19.7. The molecule has 1 saturated heterocycles. The van der Waals surface area contributed by atoms with Gasteiger partial charge >= 0.3 is 6.03 Å². The molecule has 1 fully saturated rings. The Morgan fingerprint density at radius 3 is 2.46 bits per heavy atom. The van der Waals surface area contributed by atoms with Gasteiger partial charge in [0.2, 0.25) is 0 Å². The van der Waals surface area contributed by atoms with E-state index in [-0.39, 0.29) is 6.03 Å². The second kappa shape index (κ2) is 7.60. The number of hydrogen-bond donors (Lipinski definition) is 1. The molecule has 2 amide bonds. The van der Waals surface area contributed by atoms with Crippen molar-refractivity contribution in [2.45, 2.75) is 20.4 Å². The predicted octanol–water partition coefficient (Wildman–Crippen LogP) is 3.71. The van der Waals surface area contributed by atoms with Crippen LogP contribution in [0.2, 0.25) is 0 Å². The van der Waals surface area contributed by atoms with E-state index in [1.54, 1.807) is 4.90 Å². The number of pyridine rings is 1. The van der Waals surface area contributed by atoms with Crippen molar-refractivity contribution in [3.8, 4) is 11.3 Å². The highest BCUT2D eigenvalue weighted by atomic mass is 16.2. The molecule has 0 radical (unpaired) electrons. The highest BCUT2D eigenvalue weighted by Crippen LogP contribution is 2.28. The summed E-state index contributed by atoms with van der Waals surface area (Å²) in [7, 11) is 0. The number of piperazine rings is 1. The van der Waals surface area contributed by atoms with Gasteiger partial charge in [0.1, 0.15) is 0 Å². The molecule has 0 saturated carbocycles. The zero-order valence-corrected chi connectivity index (χ0v) is 16.5. The van der Waals surface area contributed by atoms with Crippen molar-refractivity contribution in [2.24, 2.45) is 5.73 Å². The van der Waals surface area contributed by atoms with Crippen LogP contribution >= 0.6 is 0 Å². The number of amides is 2. The number of hydrogen-bond acceptors (Lipinski definition) is 3. The Kier molecular flexibility index (Phi) is 5.01. The van der Waals surface area contributed by atoms with Crippen molar-refractivity contribution in [3.05, 3.63) is 65.2 Å². The van der Waals surface area contributed by atoms with Gasteiger partial charge in [-0.3, -0.25) is 4.90 Å². The van der Waals surface area contributed by atoms with Crippen LogP contribution in [0, 0.1) is 13.8 Å². The van der Waals surface area contributed by atoms with Gasteiger partial charge in [-0.1, -0.05) is 35.9 Å². The summed E-state index contributed by atoms with van der Waals surface area (Å²) in [6, 6.07) is 16.9. The van der Waals surface area contributed by atoms with Crippen LogP contribution in [0.25, 0.3) is 22.2 Å². The van der Waals surface area contributed by atoms with Crippen LogP contribution in [-0.4, -0.2) is 47.0 Å². The molecule has 2 aromatic carbocycles. The van der Waals surface area contributed by atoms with E-state index in [1.807, 2.05) is 0 Å². The van der Waals surface area contributed by atoms with Gasteiger partial charge in [-0.05, 0) is 43.2 Å². The van der Waals surface area contributed by atoms with Crippen LogP contribution in [0.15, 0.2) is 48.5 Å². The van der Waals surface area contributed by atoms with Gasteiger partial charge in [0.15, 0.2) is 0 Å². The highest BCUT2D eigenvalue weighted by Gasteiger charge is 2.21. The fourth-order valence-corrected chi connectivity index (χ4v) is 3.85. The van der Waals surface area contributed by atoms with Gasteiger partial charge in [-0.25, -0.2) is 9.78 Å². The van der Waals surface area contributed by atoms with E-state index >= 15 is 0 Å². The Balaban J connectivity index is 1.70. The lowest BCUT2D eigenvalue weighted by atomic mass is 10.0. The average molecular weight is 374 g/mol. The molecule has 2 N–H and O–H groups in total. The number of carbonyl (C=O) groups is 1.